The zero-order chi connectivity index (χ0) is 21.8. The summed E-state index contributed by atoms with van der Waals surface area (Å²) in [6.45, 7) is 8.26. The third kappa shape index (κ3) is 5.18. The number of carbonyl (C=O) groups excluding carboxylic acids is 3. The van der Waals surface area contributed by atoms with Crippen LogP contribution in [0.1, 0.15) is 53.4 Å². The Labute approximate surface area is 174 Å². The number of fused-ring (bicyclic) bond motifs is 1. The van der Waals surface area contributed by atoms with Crippen LogP contribution in [0.15, 0.2) is 12.2 Å². The van der Waals surface area contributed by atoms with Crippen LogP contribution in [0.5, 0.6) is 0 Å². The highest BCUT2D eigenvalue weighted by molar-refractivity contribution is 5.96. The number of rotatable bonds is 8. The molecule has 0 aromatic rings. The van der Waals surface area contributed by atoms with E-state index in [0.29, 0.717) is 19.4 Å². The molecule has 1 aliphatic carbocycles. The van der Waals surface area contributed by atoms with Crippen molar-refractivity contribution in [1.82, 2.24) is 15.5 Å². The van der Waals surface area contributed by atoms with Crippen LogP contribution in [-0.4, -0.2) is 59.5 Å². The highest BCUT2D eigenvalue weighted by Crippen LogP contribution is 2.45. The molecule has 0 radical (unpaired) electrons. The maximum atomic E-state index is 13.5. The molecule has 29 heavy (non-hydrogen) atoms. The van der Waals surface area contributed by atoms with E-state index < -0.39 is 23.4 Å². The average molecular weight is 408 g/mol. The van der Waals surface area contributed by atoms with Gasteiger partial charge in [-0.3, -0.25) is 14.4 Å². The Morgan fingerprint density at radius 3 is 2.41 bits per heavy atom. The average Bonchev–Trinajstić information content (AvgIpc) is 2.92. The summed E-state index contributed by atoms with van der Waals surface area (Å²) in [4.78, 5) is 41.0. The van der Waals surface area contributed by atoms with Gasteiger partial charge in [0.05, 0.1) is 11.8 Å². The molecular weight excluding hydrogens is 370 g/mol. The zero-order valence-electron chi connectivity index (χ0n) is 18.4. The third-order valence-electron chi connectivity index (χ3n) is 5.86. The van der Waals surface area contributed by atoms with Gasteiger partial charge in [0.15, 0.2) is 0 Å². The molecule has 164 valence electrons. The lowest BCUT2D eigenvalue weighted by molar-refractivity contribution is -0.141. The Balaban J connectivity index is 2.42. The first-order chi connectivity index (χ1) is 13.7. The molecule has 0 bridgehead atoms. The van der Waals surface area contributed by atoms with Crippen molar-refractivity contribution in [1.29, 1.82) is 0 Å². The molecule has 0 aromatic carbocycles. The quantitative estimate of drug-likeness (QED) is 0.419. The summed E-state index contributed by atoms with van der Waals surface area (Å²) < 4.78 is 0. The van der Waals surface area contributed by atoms with E-state index in [2.05, 4.69) is 17.6 Å². The summed E-state index contributed by atoms with van der Waals surface area (Å²) in [6, 6.07) is -0.628. The maximum absolute atomic E-state index is 13.5. The number of nitrogens with zero attached hydrogens (tertiary/aromatic N) is 1. The van der Waals surface area contributed by atoms with E-state index in [4.69, 9.17) is 5.11 Å². The smallest absolute Gasteiger partial charge is 0.243 e. The second-order valence-corrected chi connectivity index (χ2v) is 9.23. The lowest BCUT2D eigenvalue weighted by atomic mass is 9.68. The predicted molar refractivity (Wildman–Crippen MR) is 112 cm³/mol. The summed E-state index contributed by atoms with van der Waals surface area (Å²) >= 11 is 0. The second-order valence-electron chi connectivity index (χ2n) is 9.23. The minimum absolute atomic E-state index is 0.00568. The largest absolute Gasteiger partial charge is 0.396 e. The van der Waals surface area contributed by atoms with E-state index >= 15 is 0 Å². The van der Waals surface area contributed by atoms with Crippen molar-refractivity contribution in [3.05, 3.63) is 12.2 Å². The number of hydrogen-bond donors (Lipinski definition) is 3. The van der Waals surface area contributed by atoms with Crippen molar-refractivity contribution < 1.29 is 19.5 Å². The van der Waals surface area contributed by atoms with Gasteiger partial charge in [-0.15, -0.1) is 0 Å². The van der Waals surface area contributed by atoms with Crippen LogP contribution in [0.4, 0.5) is 0 Å². The molecule has 2 aliphatic rings. The summed E-state index contributed by atoms with van der Waals surface area (Å²) in [6.07, 6.45) is 6.96. The van der Waals surface area contributed by atoms with Gasteiger partial charge >= 0.3 is 0 Å². The first kappa shape index (κ1) is 23.4. The van der Waals surface area contributed by atoms with Gasteiger partial charge in [-0.05, 0) is 46.0 Å². The Morgan fingerprint density at radius 2 is 1.86 bits per heavy atom. The van der Waals surface area contributed by atoms with Crippen LogP contribution in [-0.2, 0) is 14.4 Å². The summed E-state index contributed by atoms with van der Waals surface area (Å²) in [5.41, 5.74) is -0.418. The van der Waals surface area contributed by atoms with Crippen molar-refractivity contribution in [3.8, 4) is 0 Å². The molecule has 0 saturated carbocycles. The highest BCUT2D eigenvalue weighted by atomic mass is 16.3. The van der Waals surface area contributed by atoms with Crippen LogP contribution in [0.3, 0.4) is 0 Å². The van der Waals surface area contributed by atoms with Gasteiger partial charge in [0, 0.05) is 31.7 Å². The Kier molecular flexibility index (Phi) is 7.86. The standard InChI is InChI=1S/C22H37N3O4/c1-6-9-14-10-11-15-17(16(14)19(27)23-5)21(29)25(12-7-8-13-26)18(15)20(28)24-22(2,3)4/h10-11,14-18,26H,6-9,12-13H2,1-5H3,(H,23,27)(H,24,28)/t14-,15+,16-,17+,18+/m1/s1. The second kappa shape index (κ2) is 9.74. The number of aliphatic hydroxyl groups excluding tert-OH is 1. The molecule has 3 N–H and O–H groups in total. The van der Waals surface area contributed by atoms with E-state index in [0.717, 1.165) is 12.8 Å². The molecule has 1 saturated heterocycles. The number of carbonyl (C=O) groups is 3. The van der Waals surface area contributed by atoms with E-state index in [1.54, 1.807) is 11.9 Å². The van der Waals surface area contributed by atoms with E-state index in [-0.39, 0.29) is 36.2 Å². The van der Waals surface area contributed by atoms with Crippen LogP contribution >= 0.6 is 0 Å². The molecule has 3 amide bonds. The molecule has 0 unspecified atom stereocenters. The lowest BCUT2D eigenvalue weighted by Crippen LogP contribution is -2.52. The normalized spacial score (nSPS) is 29.0. The number of allylic oxidation sites excluding steroid dienone is 1. The fourth-order valence-electron chi connectivity index (χ4n) is 4.71. The molecule has 1 fully saturated rings. The van der Waals surface area contributed by atoms with Gasteiger partial charge in [-0.2, -0.15) is 0 Å². The number of unbranched alkanes of at least 4 members (excludes halogenated alkanes) is 1. The topological polar surface area (TPSA) is 98.7 Å². The number of likely N-dealkylation sites (tertiary alicyclic amines) is 1. The monoisotopic (exact) mass is 407 g/mol. The lowest BCUT2D eigenvalue weighted by Gasteiger charge is -2.34. The Morgan fingerprint density at radius 1 is 1.17 bits per heavy atom. The molecule has 1 heterocycles. The molecule has 0 spiro atoms. The van der Waals surface area contributed by atoms with Crippen molar-refractivity contribution in [2.75, 3.05) is 20.2 Å². The minimum Gasteiger partial charge on any atom is -0.396 e. The predicted octanol–water partition coefficient (Wildman–Crippen LogP) is 1.47. The summed E-state index contributed by atoms with van der Waals surface area (Å²) in [5.74, 6) is -1.76. The van der Waals surface area contributed by atoms with Gasteiger partial charge in [-0.25, -0.2) is 0 Å². The summed E-state index contributed by atoms with van der Waals surface area (Å²) in [7, 11) is 1.60. The SMILES string of the molecule is CCC[C@@H]1C=C[C@H]2[C@H](C(=O)N(CCCCO)[C@@H]2C(=O)NC(C)(C)C)[C@@H]1C(=O)NC. The van der Waals surface area contributed by atoms with Gasteiger partial charge in [0.25, 0.3) is 0 Å². The fourth-order valence-corrected chi connectivity index (χ4v) is 4.71. The fraction of sp³-hybridized carbons (Fsp3) is 0.773. The van der Waals surface area contributed by atoms with Gasteiger partial charge < -0.3 is 20.6 Å². The van der Waals surface area contributed by atoms with Crippen LogP contribution in [0.25, 0.3) is 0 Å². The van der Waals surface area contributed by atoms with Crippen molar-refractivity contribution in [2.45, 2.75) is 65.0 Å². The first-order valence-corrected chi connectivity index (χ1v) is 10.8. The van der Waals surface area contributed by atoms with E-state index in [1.165, 1.54) is 0 Å². The van der Waals surface area contributed by atoms with Crippen molar-refractivity contribution in [3.63, 3.8) is 0 Å². The van der Waals surface area contributed by atoms with E-state index in [1.807, 2.05) is 32.9 Å². The van der Waals surface area contributed by atoms with Crippen LogP contribution < -0.4 is 10.6 Å². The molecule has 2 rings (SSSR count). The van der Waals surface area contributed by atoms with E-state index in [9.17, 15) is 14.4 Å². The highest BCUT2D eigenvalue weighted by Gasteiger charge is 2.56. The molecule has 7 nitrogen and oxygen atoms in total. The van der Waals surface area contributed by atoms with Gasteiger partial charge in [0.2, 0.25) is 17.7 Å². The molecule has 7 heteroatoms. The Bertz CT molecular complexity index is 640. The number of amides is 3. The Hall–Kier alpha value is -1.89. The molecular formula is C22H37N3O4. The zero-order valence-corrected chi connectivity index (χ0v) is 18.4. The molecule has 0 aromatic heterocycles. The third-order valence-corrected chi connectivity index (χ3v) is 5.86. The number of nitrogens with one attached hydrogen (secondary N) is 2. The molecule has 5 atom stereocenters. The van der Waals surface area contributed by atoms with Crippen molar-refractivity contribution >= 4 is 17.7 Å². The summed E-state index contributed by atoms with van der Waals surface area (Å²) in [5, 5.41) is 14.9. The number of aliphatic hydroxyl groups is 1. The van der Waals surface area contributed by atoms with Crippen LogP contribution in [0, 0.1) is 23.7 Å². The van der Waals surface area contributed by atoms with Gasteiger partial charge in [-0.1, -0.05) is 25.5 Å². The maximum Gasteiger partial charge on any atom is 0.243 e. The van der Waals surface area contributed by atoms with Crippen molar-refractivity contribution in [2.24, 2.45) is 23.7 Å². The van der Waals surface area contributed by atoms with Gasteiger partial charge in [0.1, 0.15) is 6.04 Å². The first-order valence-electron chi connectivity index (χ1n) is 10.8. The molecule has 1 aliphatic heterocycles. The minimum atomic E-state index is -0.628. The number of hydrogen-bond acceptors (Lipinski definition) is 4. The van der Waals surface area contributed by atoms with Crippen LogP contribution in [0.2, 0.25) is 0 Å².